The molecule has 1 aliphatic heterocycles. The number of rotatable bonds is 4. The second-order valence-corrected chi connectivity index (χ2v) is 8.55. The molecule has 138 valence electrons. The second kappa shape index (κ2) is 7.40. The maximum Gasteiger partial charge on any atom is 0.294 e. The number of hydrogen-bond acceptors (Lipinski definition) is 5. The van der Waals surface area contributed by atoms with Gasteiger partial charge in [0.25, 0.3) is 5.69 Å². The number of sulfonamides is 1. The lowest BCUT2D eigenvalue weighted by Gasteiger charge is -2.35. The molecule has 7 nitrogen and oxygen atoms in total. The summed E-state index contributed by atoms with van der Waals surface area (Å²) < 4.78 is 26.8. The third-order valence-electron chi connectivity index (χ3n) is 4.15. The van der Waals surface area contributed by atoms with Crippen molar-refractivity contribution in [2.45, 2.75) is 4.90 Å². The normalized spacial score (nSPS) is 15.8. The molecule has 2 aromatic carbocycles. The molecule has 0 bridgehead atoms. The minimum atomic E-state index is -3.66. The van der Waals surface area contributed by atoms with E-state index in [0.29, 0.717) is 23.8 Å². The molecule has 0 aliphatic carbocycles. The minimum absolute atomic E-state index is 0.0938. The standard InChI is InChI=1S/C16H15Cl2N3O4S/c17-12-2-1-3-14(10-12)26(24,25)20-8-6-19(7-9-20)15-5-4-13(18)11-16(15)21(22)23/h1-5,10-11H,6-9H2. The van der Waals surface area contributed by atoms with Crippen LogP contribution in [0.2, 0.25) is 10.0 Å². The van der Waals surface area contributed by atoms with Gasteiger partial charge in [0.1, 0.15) is 5.69 Å². The third-order valence-corrected chi connectivity index (χ3v) is 6.51. The summed E-state index contributed by atoms with van der Waals surface area (Å²) in [6.07, 6.45) is 0. The lowest BCUT2D eigenvalue weighted by atomic mass is 10.2. The van der Waals surface area contributed by atoms with Crippen molar-refractivity contribution in [3.63, 3.8) is 0 Å². The Hall–Kier alpha value is -1.87. The van der Waals surface area contributed by atoms with Crippen LogP contribution in [0, 0.1) is 10.1 Å². The van der Waals surface area contributed by atoms with E-state index in [4.69, 9.17) is 23.2 Å². The van der Waals surface area contributed by atoms with Crippen LogP contribution < -0.4 is 4.90 Å². The van der Waals surface area contributed by atoms with E-state index in [-0.39, 0.29) is 28.7 Å². The summed E-state index contributed by atoms with van der Waals surface area (Å²) in [6, 6.07) is 10.6. The monoisotopic (exact) mass is 415 g/mol. The predicted octanol–water partition coefficient (Wildman–Crippen LogP) is 3.41. The van der Waals surface area contributed by atoms with Gasteiger partial charge in [0.15, 0.2) is 0 Å². The molecule has 0 radical (unpaired) electrons. The quantitative estimate of drug-likeness (QED) is 0.564. The van der Waals surface area contributed by atoms with E-state index in [1.54, 1.807) is 29.2 Å². The summed E-state index contributed by atoms with van der Waals surface area (Å²) in [6.45, 7) is 1.10. The largest absolute Gasteiger partial charge is 0.363 e. The highest BCUT2D eigenvalue weighted by Crippen LogP contribution is 2.32. The molecule has 1 saturated heterocycles. The number of benzene rings is 2. The highest BCUT2D eigenvalue weighted by atomic mass is 35.5. The number of piperazine rings is 1. The summed E-state index contributed by atoms with van der Waals surface area (Å²) in [5.41, 5.74) is 0.336. The fraction of sp³-hybridized carbons (Fsp3) is 0.250. The number of hydrogen-bond donors (Lipinski definition) is 0. The molecular formula is C16H15Cl2N3O4S. The molecule has 0 atom stereocenters. The van der Waals surface area contributed by atoms with Crippen LogP contribution in [0.15, 0.2) is 47.4 Å². The maximum absolute atomic E-state index is 12.7. The van der Waals surface area contributed by atoms with Crippen molar-refractivity contribution >= 4 is 44.6 Å². The SMILES string of the molecule is O=[N+]([O-])c1cc(Cl)ccc1N1CCN(S(=O)(=O)c2cccc(Cl)c2)CC1. The van der Waals surface area contributed by atoms with Crippen molar-refractivity contribution in [3.05, 3.63) is 62.6 Å². The number of nitro benzene ring substituents is 1. The molecule has 0 amide bonds. The average Bonchev–Trinajstić information content (AvgIpc) is 2.61. The third kappa shape index (κ3) is 3.78. The van der Waals surface area contributed by atoms with E-state index < -0.39 is 14.9 Å². The van der Waals surface area contributed by atoms with Crippen LogP contribution in [0.5, 0.6) is 0 Å². The number of halogens is 2. The Morgan fingerprint density at radius 2 is 1.62 bits per heavy atom. The van der Waals surface area contributed by atoms with E-state index >= 15 is 0 Å². The fourth-order valence-electron chi connectivity index (χ4n) is 2.86. The highest BCUT2D eigenvalue weighted by molar-refractivity contribution is 7.89. The molecule has 26 heavy (non-hydrogen) atoms. The van der Waals surface area contributed by atoms with Gasteiger partial charge in [-0.05, 0) is 30.3 Å². The van der Waals surface area contributed by atoms with Crippen molar-refractivity contribution in [2.24, 2.45) is 0 Å². The van der Waals surface area contributed by atoms with Gasteiger partial charge >= 0.3 is 0 Å². The van der Waals surface area contributed by atoms with E-state index in [1.165, 1.54) is 22.5 Å². The molecule has 3 rings (SSSR count). The van der Waals surface area contributed by atoms with Gasteiger partial charge in [0.05, 0.1) is 9.82 Å². The molecular weight excluding hydrogens is 401 g/mol. The van der Waals surface area contributed by atoms with Gasteiger partial charge in [-0.25, -0.2) is 8.42 Å². The molecule has 1 heterocycles. The van der Waals surface area contributed by atoms with E-state index in [9.17, 15) is 18.5 Å². The van der Waals surface area contributed by atoms with Crippen LogP contribution in [0.1, 0.15) is 0 Å². The van der Waals surface area contributed by atoms with E-state index in [0.717, 1.165) is 0 Å². The first-order valence-corrected chi connectivity index (χ1v) is 9.93. The Morgan fingerprint density at radius 3 is 2.23 bits per heavy atom. The molecule has 0 aromatic heterocycles. The Bertz CT molecular complexity index is 944. The highest BCUT2D eigenvalue weighted by Gasteiger charge is 2.30. The smallest absolute Gasteiger partial charge is 0.294 e. The summed E-state index contributed by atoms with van der Waals surface area (Å²) in [4.78, 5) is 12.7. The Morgan fingerprint density at radius 1 is 0.962 bits per heavy atom. The zero-order valence-electron chi connectivity index (χ0n) is 13.5. The number of nitrogens with zero attached hydrogens (tertiary/aromatic N) is 3. The van der Waals surface area contributed by atoms with Crippen molar-refractivity contribution < 1.29 is 13.3 Å². The van der Waals surface area contributed by atoms with Gasteiger partial charge in [-0.3, -0.25) is 10.1 Å². The van der Waals surface area contributed by atoms with Crippen molar-refractivity contribution in [2.75, 3.05) is 31.1 Å². The van der Waals surface area contributed by atoms with Crippen LogP contribution in [0.25, 0.3) is 0 Å². The van der Waals surface area contributed by atoms with Gasteiger partial charge in [-0.15, -0.1) is 0 Å². The molecule has 2 aromatic rings. The lowest BCUT2D eigenvalue weighted by Crippen LogP contribution is -2.48. The molecule has 10 heteroatoms. The van der Waals surface area contributed by atoms with Crippen molar-refractivity contribution in [1.82, 2.24) is 4.31 Å². The molecule has 1 fully saturated rings. The first kappa shape index (κ1) is 18.9. The van der Waals surface area contributed by atoms with E-state index in [2.05, 4.69) is 0 Å². The second-order valence-electron chi connectivity index (χ2n) is 5.74. The van der Waals surface area contributed by atoms with Gasteiger partial charge in [0.2, 0.25) is 10.0 Å². The first-order chi connectivity index (χ1) is 12.3. The minimum Gasteiger partial charge on any atom is -0.363 e. The van der Waals surface area contributed by atoms with Crippen molar-refractivity contribution in [3.8, 4) is 0 Å². The summed E-state index contributed by atoms with van der Waals surface area (Å²) in [7, 11) is -3.66. The summed E-state index contributed by atoms with van der Waals surface area (Å²) in [5.74, 6) is 0. The fourth-order valence-corrected chi connectivity index (χ4v) is 4.75. The zero-order chi connectivity index (χ0) is 18.9. The van der Waals surface area contributed by atoms with Gasteiger partial charge in [-0.2, -0.15) is 4.31 Å². The predicted molar refractivity (Wildman–Crippen MR) is 101 cm³/mol. The van der Waals surface area contributed by atoms with Crippen LogP contribution in [-0.4, -0.2) is 43.8 Å². The van der Waals surface area contributed by atoms with E-state index in [1.807, 2.05) is 0 Å². The molecule has 1 aliphatic rings. The Kier molecular flexibility index (Phi) is 5.38. The lowest BCUT2D eigenvalue weighted by molar-refractivity contribution is -0.384. The topological polar surface area (TPSA) is 83.8 Å². The summed E-state index contributed by atoms with van der Waals surface area (Å²) >= 11 is 11.7. The zero-order valence-corrected chi connectivity index (χ0v) is 15.8. The molecule has 0 unspecified atom stereocenters. The van der Waals surface area contributed by atoms with Crippen LogP contribution in [-0.2, 0) is 10.0 Å². The number of nitro groups is 1. The van der Waals surface area contributed by atoms with Crippen molar-refractivity contribution in [1.29, 1.82) is 0 Å². The van der Waals surface area contributed by atoms with Gasteiger partial charge in [-0.1, -0.05) is 29.3 Å². The first-order valence-electron chi connectivity index (χ1n) is 7.73. The average molecular weight is 416 g/mol. The Labute approximate surface area is 160 Å². The molecule has 0 saturated carbocycles. The number of anilines is 1. The Balaban J connectivity index is 1.79. The van der Waals surface area contributed by atoms with Crippen LogP contribution in [0.4, 0.5) is 11.4 Å². The summed E-state index contributed by atoms with van der Waals surface area (Å²) in [5, 5.41) is 11.9. The maximum atomic E-state index is 12.7. The molecule has 0 N–H and O–H groups in total. The van der Waals surface area contributed by atoms with Crippen LogP contribution >= 0.6 is 23.2 Å². The van der Waals surface area contributed by atoms with Crippen LogP contribution in [0.3, 0.4) is 0 Å². The van der Waals surface area contributed by atoms with Gasteiger partial charge < -0.3 is 4.90 Å². The molecule has 0 spiro atoms. The van der Waals surface area contributed by atoms with Gasteiger partial charge in [0, 0.05) is 42.3 Å².